The second-order valence-corrected chi connectivity index (χ2v) is 6.39. The van der Waals surface area contributed by atoms with Gasteiger partial charge in [-0.25, -0.2) is 9.78 Å². The Labute approximate surface area is 159 Å². The fourth-order valence-corrected chi connectivity index (χ4v) is 2.83. The Balaban J connectivity index is 1.73. The standard InChI is InChI=1S/C19H14Cl2N2O3/c1-11(18(24)23-17-16(21)9-13(20)10-22-17)26-19(25)15-8-4-6-12-5-2-3-7-14(12)15/h2-11H,1H3,(H,22,23,24)/t11-/m0/s1. The summed E-state index contributed by atoms with van der Waals surface area (Å²) in [7, 11) is 0. The number of hydrogen-bond acceptors (Lipinski definition) is 4. The quantitative estimate of drug-likeness (QED) is 0.656. The van der Waals surface area contributed by atoms with Gasteiger partial charge in [0.2, 0.25) is 0 Å². The van der Waals surface area contributed by atoms with Gasteiger partial charge in [-0.2, -0.15) is 0 Å². The summed E-state index contributed by atoms with van der Waals surface area (Å²) < 4.78 is 5.29. The molecule has 0 unspecified atom stereocenters. The van der Waals surface area contributed by atoms with E-state index in [4.69, 9.17) is 27.9 Å². The van der Waals surface area contributed by atoms with E-state index in [1.54, 1.807) is 12.1 Å². The zero-order valence-electron chi connectivity index (χ0n) is 13.7. The summed E-state index contributed by atoms with van der Waals surface area (Å²) in [5, 5.41) is 4.73. The highest BCUT2D eigenvalue weighted by Gasteiger charge is 2.21. The molecular weight excluding hydrogens is 375 g/mol. The lowest BCUT2D eigenvalue weighted by Crippen LogP contribution is -2.30. The molecule has 0 saturated carbocycles. The molecule has 1 aromatic heterocycles. The van der Waals surface area contributed by atoms with Crippen molar-refractivity contribution >= 4 is 51.7 Å². The van der Waals surface area contributed by atoms with Gasteiger partial charge in [0.05, 0.1) is 15.6 Å². The number of carbonyl (C=O) groups excluding carboxylic acids is 2. The highest BCUT2D eigenvalue weighted by Crippen LogP contribution is 2.23. The fraction of sp³-hybridized carbons (Fsp3) is 0.105. The van der Waals surface area contributed by atoms with E-state index in [0.717, 1.165) is 10.8 Å². The molecule has 5 nitrogen and oxygen atoms in total. The Kier molecular flexibility index (Phi) is 5.40. The topological polar surface area (TPSA) is 68.3 Å². The molecule has 1 atom stereocenters. The van der Waals surface area contributed by atoms with Crippen LogP contribution in [0.5, 0.6) is 0 Å². The van der Waals surface area contributed by atoms with Crippen LogP contribution in [-0.4, -0.2) is 23.0 Å². The van der Waals surface area contributed by atoms with Gasteiger partial charge in [-0.3, -0.25) is 4.79 Å². The van der Waals surface area contributed by atoms with Crippen molar-refractivity contribution in [3.63, 3.8) is 0 Å². The smallest absolute Gasteiger partial charge is 0.339 e. The number of carbonyl (C=O) groups is 2. The van der Waals surface area contributed by atoms with E-state index in [1.807, 2.05) is 30.3 Å². The van der Waals surface area contributed by atoms with Crippen LogP contribution in [0, 0.1) is 0 Å². The van der Waals surface area contributed by atoms with Gasteiger partial charge in [0, 0.05) is 6.20 Å². The van der Waals surface area contributed by atoms with E-state index < -0.39 is 18.0 Å². The van der Waals surface area contributed by atoms with Gasteiger partial charge in [0.1, 0.15) is 0 Å². The lowest BCUT2D eigenvalue weighted by molar-refractivity contribution is -0.123. The minimum absolute atomic E-state index is 0.147. The molecule has 7 heteroatoms. The first-order valence-electron chi connectivity index (χ1n) is 7.76. The van der Waals surface area contributed by atoms with Crippen LogP contribution < -0.4 is 5.32 Å². The molecule has 0 bridgehead atoms. The molecular formula is C19H14Cl2N2O3. The maximum atomic E-state index is 12.5. The van der Waals surface area contributed by atoms with E-state index in [1.165, 1.54) is 19.2 Å². The number of amides is 1. The molecule has 1 amide bonds. The van der Waals surface area contributed by atoms with Crippen molar-refractivity contribution in [3.05, 3.63) is 70.3 Å². The van der Waals surface area contributed by atoms with E-state index >= 15 is 0 Å². The Morgan fingerprint density at radius 3 is 2.62 bits per heavy atom. The molecule has 1 N–H and O–H groups in total. The predicted molar refractivity (Wildman–Crippen MR) is 102 cm³/mol. The van der Waals surface area contributed by atoms with Crippen molar-refractivity contribution in [2.75, 3.05) is 5.32 Å². The maximum absolute atomic E-state index is 12.5. The monoisotopic (exact) mass is 388 g/mol. The number of rotatable bonds is 4. The van der Waals surface area contributed by atoms with Gasteiger partial charge < -0.3 is 10.1 Å². The number of pyridine rings is 1. The summed E-state index contributed by atoms with van der Waals surface area (Å²) in [6.07, 6.45) is 0.325. The summed E-state index contributed by atoms with van der Waals surface area (Å²) in [4.78, 5) is 28.7. The first-order valence-corrected chi connectivity index (χ1v) is 8.52. The highest BCUT2D eigenvalue weighted by molar-refractivity contribution is 6.36. The lowest BCUT2D eigenvalue weighted by atomic mass is 10.0. The minimum atomic E-state index is -1.03. The molecule has 1 heterocycles. The Morgan fingerprint density at radius 1 is 1.12 bits per heavy atom. The zero-order valence-corrected chi connectivity index (χ0v) is 15.2. The van der Waals surface area contributed by atoms with Crippen LogP contribution in [0.15, 0.2) is 54.7 Å². The van der Waals surface area contributed by atoms with Gasteiger partial charge in [-0.1, -0.05) is 59.6 Å². The zero-order chi connectivity index (χ0) is 18.7. The van der Waals surface area contributed by atoms with Crippen molar-refractivity contribution in [2.45, 2.75) is 13.0 Å². The van der Waals surface area contributed by atoms with Crippen molar-refractivity contribution < 1.29 is 14.3 Å². The molecule has 3 aromatic rings. The Morgan fingerprint density at radius 2 is 1.85 bits per heavy atom. The van der Waals surface area contributed by atoms with Gasteiger partial charge in [-0.05, 0) is 29.8 Å². The van der Waals surface area contributed by atoms with Gasteiger partial charge in [0.25, 0.3) is 5.91 Å². The number of anilines is 1. The van der Waals surface area contributed by atoms with Crippen LogP contribution in [0.25, 0.3) is 10.8 Å². The van der Waals surface area contributed by atoms with Crippen LogP contribution in [0.2, 0.25) is 10.0 Å². The second kappa shape index (κ2) is 7.72. The predicted octanol–water partition coefficient (Wildman–Crippen LogP) is 4.73. The first-order chi connectivity index (χ1) is 12.5. The van der Waals surface area contributed by atoms with E-state index in [9.17, 15) is 9.59 Å². The van der Waals surface area contributed by atoms with E-state index in [-0.39, 0.29) is 10.8 Å². The number of nitrogens with zero attached hydrogens (tertiary/aromatic N) is 1. The molecule has 0 aliphatic rings. The van der Waals surface area contributed by atoms with Crippen LogP contribution in [0.4, 0.5) is 5.82 Å². The molecule has 0 aliphatic carbocycles. The Hall–Kier alpha value is -2.63. The third-order valence-corrected chi connectivity index (χ3v) is 4.21. The number of fused-ring (bicyclic) bond motifs is 1. The highest BCUT2D eigenvalue weighted by atomic mass is 35.5. The lowest BCUT2D eigenvalue weighted by Gasteiger charge is -2.14. The van der Waals surface area contributed by atoms with Crippen LogP contribution in [-0.2, 0) is 9.53 Å². The van der Waals surface area contributed by atoms with Crippen LogP contribution >= 0.6 is 23.2 Å². The number of nitrogens with one attached hydrogen (secondary N) is 1. The number of ether oxygens (including phenoxy) is 1. The number of benzene rings is 2. The average Bonchev–Trinajstić information content (AvgIpc) is 2.63. The van der Waals surface area contributed by atoms with E-state index in [0.29, 0.717) is 10.6 Å². The number of hydrogen-bond donors (Lipinski definition) is 1. The average molecular weight is 389 g/mol. The number of aromatic nitrogens is 1. The number of esters is 1. The normalized spacial score (nSPS) is 11.8. The van der Waals surface area contributed by atoms with Crippen LogP contribution in [0.1, 0.15) is 17.3 Å². The second-order valence-electron chi connectivity index (χ2n) is 5.55. The summed E-state index contributed by atoms with van der Waals surface area (Å²) >= 11 is 11.7. The fourth-order valence-electron chi connectivity index (χ4n) is 2.41. The SMILES string of the molecule is C[C@H](OC(=O)c1cccc2ccccc12)C(=O)Nc1ncc(Cl)cc1Cl. The molecule has 2 aromatic carbocycles. The molecule has 0 spiro atoms. The molecule has 26 heavy (non-hydrogen) atoms. The molecule has 0 fully saturated rings. The number of halogens is 2. The molecule has 132 valence electrons. The first kappa shape index (κ1) is 18.2. The van der Waals surface area contributed by atoms with Gasteiger partial charge in [-0.15, -0.1) is 0 Å². The van der Waals surface area contributed by atoms with E-state index in [2.05, 4.69) is 10.3 Å². The summed E-state index contributed by atoms with van der Waals surface area (Å²) in [5.74, 6) is -0.982. The molecule has 0 aliphatic heterocycles. The Bertz CT molecular complexity index is 986. The summed E-state index contributed by atoms with van der Waals surface area (Å²) in [5.41, 5.74) is 0.394. The largest absolute Gasteiger partial charge is 0.449 e. The molecule has 3 rings (SSSR count). The third kappa shape index (κ3) is 3.95. The van der Waals surface area contributed by atoms with Crippen molar-refractivity contribution in [1.29, 1.82) is 0 Å². The van der Waals surface area contributed by atoms with Gasteiger partial charge in [0.15, 0.2) is 11.9 Å². The summed E-state index contributed by atoms with van der Waals surface area (Å²) in [6.45, 7) is 1.47. The molecule has 0 radical (unpaired) electrons. The maximum Gasteiger partial charge on any atom is 0.339 e. The van der Waals surface area contributed by atoms with Gasteiger partial charge >= 0.3 is 5.97 Å². The van der Waals surface area contributed by atoms with Crippen LogP contribution in [0.3, 0.4) is 0 Å². The summed E-state index contributed by atoms with van der Waals surface area (Å²) in [6, 6.07) is 14.2. The van der Waals surface area contributed by atoms with Crippen molar-refractivity contribution in [1.82, 2.24) is 4.98 Å². The van der Waals surface area contributed by atoms with Crippen molar-refractivity contribution in [3.8, 4) is 0 Å². The minimum Gasteiger partial charge on any atom is -0.449 e. The molecule has 0 saturated heterocycles. The third-order valence-electron chi connectivity index (χ3n) is 3.71. The van der Waals surface area contributed by atoms with Crippen molar-refractivity contribution in [2.24, 2.45) is 0 Å².